The minimum atomic E-state index is -0.165. The van der Waals surface area contributed by atoms with Crippen molar-refractivity contribution in [3.8, 4) is 12.1 Å². The topological polar surface area (TPSA) is 135 Å². The molecule has 0 heterocycles. The maximum atomic E-state index is 12.1. The van der Waals surface area contributed by atoms with E-state index in [4.69, 9.17) is 10.5 Å². The van der Waals surface area contributed by atoms with Crippen LogP contribution in [0.5, 0.6) is 0 Å². The van der Waals surface area contributed by atoms with Gasteiger partial charge < -0.3 is 21.3 Å². The fraction of sp³-hybridized carbons (Fsp3) is 0.543. The molecule has 0 saturated heterocycles. The van der Waals surface area contributed by atoms with Crippen molar-refractivity contribution in [2.45, 2.75) is 73.5 Å². The molecule has 0 aromatic heterocycles. The number of benzene rings is 1. The number of nitrogens with two attached hydrogens (primary N) is 1. The molecule has 2 amide bonds. The quantitative estimate of drug-likeness (QED) is 0.124. The number of rotatable bonds is 13. The van der Waals surface area contributed by atoms with Gasteiger partial charge in [-0.15, -0.1) is 11.8 Å². The van der Waals surface area contributed by atoms with Crippen molar-refractivity contribution in [2.75, 3.05) is 46.5 Å². The van der Waals surface area contributed by atoms with Crippen LogP contribution in [-0.4, -0.2) is 63.2 Å². The first-order valence-electron chi connectivity index (χ1n) is 15.3. The molecular weight excluding hydrogens is 568 g/mol. The first-order valence-corrected chi connectivity index (χ1v) is 16.6. The van der Waals surface area contributed by atoms with Crippen molar-refractivity contribution in [3.05, 3.63) is 72.4 Å². The van der Waals surface area contributed by atoms with Gasteiger partial charge in [0.2, 0.25) is 11.8 Å². The van der Waals surface area contributed by atoms with Gasteiger partial charge in [0.1, 0.15) is 11.8 Å². The third-order valence-corrected chi connectivity index (χ3v) is 6.25. The van der Waals surface area contributed by atoms with E-state index in [-0.39, 0.29) is 23.6 Å². The Kier molecular flexibility index (Phi) is 47.7. The molecule has 8 nitrogen and oxygen atoms in total. The minimum Gasteiger partial charge on any atom is -0.358 e. The molecule has 1 rings (SSSR count). The van der Waals surface area contributed by atoms with E-state index in [0.717, 1.165) is 31.6 Å². The van der Waals surface area contributed by atoms with E-state index in [1.54, 1.807) is 30.9 Å². The van der Waals surface area contributed by atoms with Gasteiger partial charge in [-0.25, -0.2) is 0 Å². The van der Waals surface area contributed by atoms with Gasteiger partial charge in [0, 0.05) is 26.6 Å². The summed E-state index contributed by atoms with van der Waals surface area (Å²) in [6, 6.07) is 11.9. The van der Waals surface area contributed by atoms with Crippen LogP contribution in [0, 0.1) is 28.6 Å². The Hall–Kier alpha value is -3.37. The van der Waals surface area contributed by atoms with Crippen LogP contribution in [-0.2, 0) is 16.0 Å². The first-order chi connectivity index (χ1) is 21.2. The minimum absolute atomic E-state index is 0.0646. The van der Waals surface area contributed by atoms with Crippen molar-refractivity contribution < 1.29 is 9.59 Å². The van der Waals surface area contributed by atoms with E-state index >= 15 is 0 Å². The van der Waals surface area contributed by atoms with Gasteiger partial charge in [-0.1, -0.05) is 96.7 Å². The Balaban J connectivity index is -0.000000247. The summed E-state index contributed by atoms with van der Waals surface area (Å²) in [4.78, 5) is 24.5. The lowest BCUT2D eigenvalue weighted by Gasteiger charge is -2.22. The van der Waals surface area contributed by atoms with Crippen LogP contribution >= 0.6 is 11.8 Å². The first kappa shape index (κ1) is 50.3. The molecule has 0 aliphatic carbocycles. The monoisotopic (exact) mass is 630 g/mol. The SMILES string of the molecule is C/C=C\C=C/C(C)CCN(CC)CCc1cccc(C(SC)C(=O)NC)c1.C=CC#N.CC.CC.CC(=O)NCC#N.CN. The van der Waals surface area contributed by atoms with Crippen LogP contribution in [0.2, 0.25) is 0 Å². The third kappa shape index (κ3) is 33.1. The Labute approximate surface area is 274 Å². The number of carbonyl (C=O) groups is 2. The van der Waals surface area contributed by atoms with Gasteiger partial charge in [-0.3, -0.25) is 9.59 Å². The van der Waals surface area contributed by atoms with Gasteiger partial charge in [-0.05, 0) is 63.2 Å². The summed E-state index contributed by atoms with van der Waals surface area (Å²) in [5, 5.41) is 20.3. The second-order valence-electron chi connectivity index (χ2n) is 8.24. The maximum Gasteiger partial charge on any atom is 0.237 e. The summed E-state index contributed by atoms with van der Waals surface area (Å²) in [7, 11) is 3.20. The predicted octanol–water partition coefficient (Wildman–Crippen LogP) is 6.83. The summed E-state index contributed by atoms with van der Waals surface area (Å²) in [5.74, 6) is 0.491. The predicted molar refractivity (Wildman–Crippen MR) is 193 cm³/mol. The molecule has 0 radical (unpaired) electrons. The highest BCUT2D eigenvalue weighted by molar-refractivity contribution is 7.99. The van der Waals surface area contributed by atoms with Gasteiger partial charge in [-0.2, -0.15) is 10.5 Å². The van der Waals surface area contributed by atoms with Crippen LogP contribution in [0.25, 0.3) is 0 Å². The van der Waals surface area contributed by atoms with Crippen molar-refractivity contribution in [1.29, 1.82) is 10.5 Å². The zero-order valence-corrected chi connectivity index (χ0v) is 30.3. The molecule has 9 heteroatoms. The number of nitriles is 2. The van der Waals surface area contributed by atoms with E-state index in [1.165, 1.54) is 32.0 Å². The molecule has 2 unspecified atom stereocenters. The molecule has 1 aromatic rings. The zero-order chi connectivity index (χ0) is 35.2. The molecule has 0 saturated carbocycles. The third-order valence-electron chi connectivity index (χ3n) is 5.29. The van der Waals surface area contributed by atoms with Crippen LogP contribution in [0.15, 0.2) is 61.2 Å². The Morgan fingerprint density at radius 2 is 1.73 bits per heavy atom. The lowest BCUT2D eigenvalue weighted by molar-refractivity contribution is -0.120. The number of likely N-dealkylation sites (N-methyl/N-ethyl adjacent to an activating group) is 2. The summed E-state index contributed by atoms with van der Waals surface area (Å²) >= 11 is 1.58. The number of carbonyl (C=O) groups excluding carboxylic acids is 2. The van der Waals surface area contributed by atoms with E-state index in [2.05, 4.69) is 90.3 Å². The molecule has 0 fully saturated rings. The van der Waals surface area contributed by atoms with Crippen molar-refractivity contribution in [2.24, 2.45) is 11.7 Å². The molecule has 0 spiro atoms. The van der Waals surface area contributed by atoms with Crippen LogP contribution < -0.4 is 16.4 Å². The van der Waals surface area contributed by atoms with Gasteiger partial charge in [0.25, 0.3) is 0 Å². The Morgan fingerprint density at radius 1 is 1.14 bits per heavy atom. The van der Waals surface area contributed by atoms with Crippen molar-refractivity contribution in [3.63, 3.8) is 0 Å². The standard InChI is InChI=1S/C23H36N2OS.C4H6N2O.C3H3N.2C2H6.CH5N/c1-6-8-9-11-19(3)14-16-25(7-2)17-15-20-12-10-13-21(18-20)22(27-5)23(26)24-4;1-4(7)6-3-2-5;1-2-3-4;3*1-2/h6,8-13,18-19,22H,7,14-17H2,1-5H3,(H,24,26);3H2,1H3,(H,6,7);2H,1H2;2*1-2H3;2H2,1H3/b8-6-,11-9-;;;;;. The molecule has 0 aliphatic heterocycles. The second kappa shape index (κ2) is 41.8. The largest absolute Gasteiger partial charge is 0.358 e. The Bertz CT molecular complexity index is 951. The molecule has 44 heavy (non-hydrogen) atoms. The molecule has 4 N–H and O–H groups in total. The normalized spacial score (nSPS) is 10.5. The highest BCUT2D eigenvalue weighted by atomic mass is 32.2. The van der Waals surface area contributed by atoms with Gasteiger partial charge in [0.05, 0.1) is 12.1 Å². The van der Waals surface area contributed by atoms with Crippen LogP contribution in [0.4, 0.5) is 0 Å². The smallest absolute Gasteiger partial charge is 0.237 e. The average Bonchev–Trinajstić information content (AvgIpc) is 3.07. The van der Waals surface area contributed by atoms with Crippen LogP contribution in [0.1, 0.15) is 78.2 Å². The molecule has 0 aliphatic rings. The summed E-state index contributed by atoms with van der Waals surface area (Å²) in [5.41, 5.74) is 6.89. The van der Waals surface area contributed by atoms with E-state index < -0.39 is 0 Å². The molecule has 2 atom stereocenters. The number of allylic oxidation sites excluding steroid dienone is 5. The fourth-order valence-corrected chi connectivity index (χ4v) is 3.91. The zero-order valence-electron chi connectivity index (χ0n) is 29.4. The lowest BCUT2D eigenvalue weighted by atomic mass is 10.0. The summed E-state index contributed by atoms with van der Waals surface area (Å²) in [6.07, 6.45) is 13.9. The summed E-state index contributed by atoms with van der Waals surface area (Å²) < 4.78 is 0. The second-order valence-corrected chi connectivity index (χ2v) is 9.18. The molecule has 250 valence electrons. The number of hydrogen-bond acceptors (Lipinski definition) is 7. The molecule has 0 bridgehead atoms. The van der Waals surface area contributed by atoms with Crippen LogP contribution in [0.3, 0.4) is 0 Å². The lowest BCUT2D eigenvalue weighted by Crippen LogP contribution is -2.28. The Morgan fingerprint density at radius 3 is 2.14 bits per heavy atom. The number of hydrogen-bond donors (Lipinski definition) is 3. The van der Waals surface area contributed by atoms with Crippen molar-refractivity contribution in [1.82, 2.24) is 15.5 Å². The maximum absolute atomic E-state index is 12.1. The van der Waals surface area contributed by atoms with E-state index in [0.29, 0.717) is 5.92 Å². The highest BCUT2D eigenvalue weighted by Gasteiger charge is 2.18. The van der Waals surface area contributed by atoms with Gasteiger partial charge >= 0.3 is 0 Å². The summed E-state index contributed by atoms with van der Waals surface area (Å²) in [6.45, 7) is 22.4. The number of thioether (sulfide) groups is 1. The number of nitrogens with one attached hydrogen (secondary N) is 2. The van der Waals surface area contributed by atoms with Gasteiger partial charge in [0.15, 0.2) is 0 Å². The van der Waals surface area contributed by atoms with E-state index in [9.17, 15) is 9.59 Å². The number of amides is 2. The molecule has 1 aromatic carbocycles. The number of nitrogens with zero attached hydrogens (tertiary/aromatic N) is 3. The van der Waals surface area contributed by atoms with E-state index in [1.807, 2.05) is 40.9 Å². The average molecular weight is 631 g/mol. The highest BCUT2D eigenvalue weighted by Crippen LogP contribution is 2.27. The fourth-order valence-electron chi connectivity index (χ4n) is 3.16. The molecular formula is C35H62N6O2S. The van der Waals surface area contributed by atoms with Crippen molar-refractivity contribution >= 4 is 23.6 Å².